The van der Waals surface area contributed by atoms with Gasteiger partial charge >= 0.3 is 11.9 Å². The number of hydrogen-bond acceptors (Lipinski definition) is 10. The molecular formula is C24H34N2O10. The Labute approximate surface area is 209 Å². The Morgan fingerprint density at radius 1 is 0.750 bits per heavy atom. The number of methoxy groups -OCH3 is 6. The molecule has 0 aliphatic heterocycles. The number of carboxylic acid groups (broad SMARTS) is 2. The molecule has 36 heavy (non-hydrogen) atoms. The molecule has 0 heterocycles. The Bertz CT molecular complexity index is 947. The molecule has 200 valence electrons. The molecule has 0 spiro atoms. The maximum atomic E-state index is 10.8. The Balaban J connectivity index is 0.000000360. The van der Waals surface area contributed by atoms with Crippen molar-refractivity contribution in [2.45, 2.75) is 25.4 Å². The second-order valence-electron chi connectivity index (χ2n) is 7.23. The molecule has 12 nitrogen and oxygen atoms in total. The third kappa shape index (κ3) is 7.47. The summed E-state index contributed by atoms with van der Waals surface area (Å²) in [4.78, 5) is 21.6. The predicted octanol–water partition coefficient (Wildman–Crippen LogP) is 2.26. The summed E-state index contributed by atoms with van der Waals surface area (Å²) >= 11 is 0. The van der Waals surface area contributed by atoms with Gasteiger partial charge in [0.2, 0.25) is 11.5 Å². The lowest BCUT2D eigenvalue weighted by atomic mass is 10.0. The average Bonchev–Trinajstić information content (AvgIpc) is 2.87. The van der Waals surface area contributed by atoms with Crippen molar-refractivity contribution in [3.05, 3.63) is 29.8 Å². The number of rotatable bonds is 12. The van der Waals surface area contributed by atoms with Gasteiger partial charge in [0.05, 0.1) is 48.3 Å². The molecule has 0 radical (unpaired) electrons. The van der Waals surface area contributed by atoms with Crippen LogP contribution in [-0.4, -0.2) is 76.9 Å². The van der Waals surface area contributed by atoms with Gasteiger partial charge in [-0.3, -0.25) is 9.59 Å². The van der Waals surface area contributed by atoms with Gasteiger partial charge in [-0.2, -0.15) is 0 Å². The molecule has 2 aromatic carbocycles. The summed E-state index contributed by atoms with van der Waals surface area (Å²) in [5.41, 5.74) is 6.70. The van der Waals surface area contributed by atoms with Crippen molar-refractivity contribution in [2.75, 3.05) is 48.0 Å². The Kier molecular flexibility index (Phi) is 12.0. The minimum absolute atomic E-state index is 0.152. The predicted molar refractivity (Wildman–Crippen MR) is 132 cm³/mol. The van der Waals surface area contributed by atoms with Gasteiger partial charge in [0.1, 0.15) is 12.1 Å². The number of ether oxygens (including phenoxy) is 6. The molecule has 2 aromatic rings. The van der Waals surface area contributed by atoms with E-state index in [0.717, 1.165) is 0 Å². The summed E-state index contributed by atoms with van der Waals surface area (Å²) in [5, 5.41) is 20.5. The van der Waals surface area contributed by atoms with Crippen LogP contribution in [0.1, 0.15) is 12.5 Å². The molecule has 0 saturated carbocycles. The molecule has 0 saturated heterocycles. The number of hydrogen-bond donors (Lipinski definition) is 4. The lowest BCUT2D eigenvalue weighted by Crippen LogP contribution is -2.32. The van der Waals surface area contributed by atoms with Gasteiger partial charge in [0.15, 0.2) is 23.0 Å². The SMILES string of the molecule is COc1ccc(C[C@H](N)C(=O)O)c(OC)c1OC.COc1ccc(N[C@@H](C)C(=O)O)c(OC)c1OC. The first-order chi connectivity index (χ1) is 17.1. The number of nitrogens with two attached hydrogens (primary N) is 1. The normalized spacial score (nSPS) is 11.7. The van der Waals surface area contributed by atoms with Crippen LogP contribution < -0.4 is 39.5 Å². The molecule has 12 heteroatoms. The minimum atomic E-state index is -1.06. The fraction of sp³-hybridized carbons (Fsp3) is 0.417. The number of anilines is 1. The van der Waals surface area contributed by atoms with Gasteiger partial charge in [-0.25, -0.2) is 0 Å². The summed E-state index contributed by atoms with van der Waals surface area (Å²) < 4.78 is 31.1. The van der Waals surface area contributed by atoms with Gasteiger partial charge in [0, 0.05) is 12.0 Å². The Morgan fingerprint density at radius 2 is 1.22 bits per heavy atom. The van der Waals surface area contributed by atoms with Gasteiger partial charge in [-0.05, 0) is 25.1 Å². The smallest absolute Gasteiger partial charge is 0.325 e. The topological polar surface area (TPSA) is 168 Å². The first-order valence-electron chi connectivity index (χ1n) is 10.6. The maximum Gasteiger partial charge on any atom is 0.325 e. The van der Waals surface area contributed by atoms with Crippen LogP contribution in [-0.2, 0) is 16.0 Å². The number of carbonyl (C=O) groups is 2. The number of carboxylic acids is 2. The van der Waals surface area contributed by atoms with Crippen LogP contribution in [0.15, 0.2) is 24.3 Å². The van der Waals surface area contributed by atoms with E-state index in [4.69, 9.17) is 44.4 Å². The number of benzene rings is 2. The van der Waals surface area contributed by atoms with Gasteiger partial charge in [-0.15, -0.1) is 0 Å². The quantitative estimate of drug-likeness (QED) is 0.329. The van der Waals surface area contributed by atoms with Crippen LogP contribution in [0.2, 0.25) is 0 Å². The van der Waals surface area contributed by atoms with Crippen molar-refractivity contribution in [1.82, 2.24) is 0 Å². The standard InChI is InChI=1S/2C12H17NO5/c1-7(12(14)15)13-8-5-6-9(16-2)11(18-4)10(8)17-3;1-16-9-5-4-7(6-8(13)12(14)15)10(17-2)11(9)18-3/h5-7,13H,1-4H3,(H,14,15);4-5,8H,6,13H2,1-3H3,(H,14,15)/t7-;8-/m00/s1. The largest absolute Gasteiger partial charge is 0.493 e. The molecule has 0 fully saturated rings. The molecule has 5 N–H and O–H groups in total. The van der Waals surface area contributed by atoms with E-state index in [0.29, 0.717) is 45.7 Å². The van der Waals surface area contributed by atoms with E-state index in [2.05, 4.69) is 5.32 Å². The summed E-state index contributed by atoms with van der Waals surface area (Å²) in [6.45, 7) is 1.54. The molecule has 0 aliphatic carbocycles. The van der Waals surface area contributed by atoms with Crippen LogP contribution >= 0.6 is 0 Å². The Hall–Kier alpha value is -4.06. The highest BCUT2D eigenvalue weighted by atomic mass is 16.5. The zero-order valence-corrected chi connectivity index (χ0v) is 21.4. The van der Waals surface area contributed by atoms with E-state index in [-0.39, 0.29) is 6.42 Å². The van der Waals surface area contributed by atoms with Gasteiger partial charge in [-0.1, -0.05) is 6.07 Å². The summed E-state index contributed by atoms with van der Waals surface area (Å²) in [5.74, 6) is 0.708. The zero-order valence-electron chi connectivity index (χ0n) is 21.4. The lowest BCUT2D eigenvalue weighted by molar-refractivity contribution is -0.139. The minimum Gasteiger partial charge on any atom is -0.493 e. The number of aliphatic carboxylic acids is 2. The van der Waals surface area contributed by atoms with Crippen LogP contribution in [0.25, 0.3) is 0 Å². The van der Waals surface area contributed by atoms with E-state index in [1.165, 1.54) is 42.7 Å². The first kappa shape index (κ1) is 30.0. The molecular weight excluding hydrogens is 476 g/mol. The van der Waals surface area contributed by atoms with Crippen molar-refractivity contribution in [1.29, 1.82) is 0 Å². The third-order valence-corrected chi connectivity index (χ3v) is 4.99. The molecule has 0 unspecified atom stereocenters. The molecule has 0 aromatic heterocycles. The van der Waals surface area contributed by atoms with E-state index < -0.39 is 24.0 Å². The van der Waals surface area contributed by atoms with E-state index in [1.54, 1.807) is 31.2 Å². The zero-order chi connectivity index (χ0) is 27.4. The summed E-state index contributed by atoms with van der Waals surface area (Å²) in [6, 6.07) is 5.03. The van der Waals surface area contributed by atoms with Crippen LogP contribution in [0.5, 0.6) is 34.5 Å². The molecule has 0 aliphatic rings. The maximum absolute atomic E-state index is 10.8. The van der Waals surface area contributed by atoms with E-state index in [9.17, 15) is 9.59 Å². The highest BCUT2D eigenvalue weighted by Gasteiger charge is 2.21. The van der Waals surface area contributed by atoms with Gasteiger partial charge in [0.25, 0.3) is 0 Å². The van der Waals surface area contributed by atoms with E-state index >= 15 is 0 Å². The van der Waals surface area contributed by atoms with Crippen molar-refractivity contribution in [3.8, 4) is 34.5 Å². The van der Waals surface area contributed by atoms with E-state index in [1.807, 2.05) is 0 Å². The molecule has 0 bridgehead atoms. The summed E-state index contributed by atoms with van der Waals surface area (Å²) in [6.07, 6.45) is 0.152. The molecule has 2 atom stereocenters. The van der Waals surface area contributed by atoms with Crippen LogP contribution in [0, 0.1) is 0 Å². The fourth-order valence-electron chi connectivity index (χ4n) is 3.16. The van der Waals surface area contributed by atoms with Crippen molar-refractivity contribution >= 4 is 17.6 Å². The Morgan fingerprint density at radius 3 is 1.64 bits per heavy atom. The highest BCUT2D eigenvalue weighted by molar-refractivity contribution is 5.79. The molecule has 2 rings (SSSR count). The second-order valence-corrected chi connectivity index (χ2v) is 7.23. The second kappa shape index (κ2) is 14.4. The highest BCUT2D eigenvalue weighted by Crippen LogP contribution is 2.43. The van der Waals surface area contributed by atoms with Gasteiger partial charge < -0.3 is 49.7 Å². The van der Waals surface area contributed by atoms with Crippen molar-refractivity contribution in [3.63, 3.8) is 0 Å². The third-order valence-electron chi connectivity index (χ3n) is 4.99. The monoisotopic (exact) mass is 510 g/mol. The first-order valence-corrected chi connectivity index (χ1v) is 10.6. The number of nitrogens with one attached hydrogen (secondary N) is 1. The summed E-state index contributed by atoms with van der Waals surface area (Å²) in [7, 11) is 8.97. The molecule has 0 amide bonds. The van der Waals surface area contributed by atoms with Crippen LogP contribution in [0.4, 0.5) is 5.69 Å². The lowest BCUT2D eigenvalue weighted by Gasteiger charge is -2.18. The van der Waals surface area contributed by atoms with Crippen LogP contribution in [0.3, 0.4) is 0 Å². The average molecular weight is 511 g/mol. The van der Waals surface area contributed by atoms with Crippen molar-refractivity contribution in [2.24, 2.45) is 5.73 Å². The van der Waals surface area contributed by atoms with Crippen molar-refractivity contribution < 1.29 is 48.2 Å². The fourth-order valence-corrected chi connectivity index (χ4v) is 3.16.